The highest BCUT2D eigenvalue weighted by molar-refractivity contribution is 6.09. The van der Waals surface area contributed by atoms with Crippen LogP contribution in [-0.4, -0.2) is 44.4 Å². The summed E-state index contributed by atoms with van der Waals surface area (Å²) < 4.78 is 24.7. The van der Waals surface area contributed by atoms with E-state index >= 15 is 0 Å². The van der Waals surface area contributed by atoms with Gasteiger partial charge >= 0.3 is 0 Å². The number of likely N-dealkylation sites (N-methyl/N-ethyl adjacent to an activating group) is 1. The van der Waals surface area contributed by atoms with Crippen molar-refractivity contribution >= 4 is 21.8 Å². The second kappa shape index (κ2) is 11.3. The molecule has 3 aromatic carbocycles. The summed E-state index contributed by atoms with van der Waals surface area (Å²) >= 11 is 0. The summed E-state index contributed by atoms with van der Waals surface area (Å²) in [4.78, 5) is 6.79. The molecule has 1 unspecified atom stereocenters. The van der Waals surface area contributed by atoms with Gasteiger partial charge in [-0.1, -0.05) is 42.8 Å². The Morgan fingerprint density at radius 3 is 2.42 bits per heavy atom. The van der Waals surface area contributed by atoms with E-state index in [-0.39, 0.29) is 5.82 Å². The molecule has 0 radical (unpaired) electrons. The summed E-state index contributed by atoms with van der Waals surface area (Å²) in [6.07, 6.45) is 5.05. The topological polar surface area (TPSA) is 48.1 Å². The second-order valence-electron chi connectivity index (χ2n) is 12.6. The fourth-order valence-electron chi connectivity index (χ4n) is 7.26. The Hall–Kier alpha value is -4.75. The van der Waals surface area contributed by atoms with E-state index in [1.807, 2.05) is 57.8 Å². The minimum Gasteiger partial charge on any atom is -0.457 e. The molecule has 3 atom stereocenters. The fraction of sp³-hybridized carbons (Fsp3) is 0.263. The number of pyridine rings is 1. The van der Waals surface area contributed by atoms with E-state index in [0.29, 0.717) is 35.2 Å². The lowest BCUT2D eigenvalue weighted by Gasteiger charge is -2.36. The number of allylic oxidation sites excluding steroid dienone is 1. The van der Waals surface area contributed by atoms with E-state index in [0.717, 1.165) is 45.3 Å². The van der Waals surface area contributed by atoms with Crippen LogP contribution in [0.4, 0.5) is 4.39 Å². The number of rotatable bonds is 6. The molecular formula is C38H38FN5O. The third kappa shape index (κ3) is 5.11. The largest absolute Gasteiger partial charge is 0.457 e. The van der Waals surface area contributed by atoms with Crippen molar-refractivity contribution in [2.75, 3.05) is 14.1 Å². The minimum atomic E-state index is -0.329. The van der Waals surface area contributed by atoms with Crippen LogP contribution in [0.15, 0.2) is 96.7 Å². The summed E-state index contributed by atoms with van der Waals surface area (Å²) in [6, 6.07) is 25.5. The van der Waals surface area contributed by atoms with Crippen LogP contribution in [0, 0.1) is 25.6 Å². The van der Waals surface area contributed by atoms with Crippen LogP contribution in [-0.2, 0) is 0 Å². The summed E-state index contributed by atoms with van der Waals surface area (Å²) in [7, 11) is 4.31. The molecule has 0 amide bonds. The monoisotopic (exact) mass is 599 g/mol. The van der Waals surface area contributed by atoms with Crippen LogP contribution in [0.5, 0.6) is 11.5 Å². The van der Waals surface area contributed by atoms with Gasteiger partial charge in [0.25, 0.3) is 0 Å². The summed E-state index contributed by atoms with van der Waals surface area (Å²) in [6.45, 7) is 8.93. The molecule has 1 aliphatic carbocycles. The molecule has 0 spiro atoms. The number of aryl methyl sites for hydroxylation is 1. The number of ether oxygens (including phenoxy) is 1. The van der Waals surface area contributed by atoms with Gasteiger partial charge in [0.05, 0.1) is 22.4 Å². The van der Waals surface area contributed by atoms with Crippen molar-refractivity contribution in [3.05, 3.63) is 119 Å². The normalized spacial score (nSPS) is 18.6. The van der Waals surface area contributed by atoms with Gasteiger partial charge in [0.2, 0.25) is 0 Å². The molecule has 3 heterocycles. The first kappa shape index (κ1) is 29.0. The fourth-order valence-corrected chi connectivity index (χ4v) is 7.26. The Kier molecular flexibility index (Phi) is 7.29. The molecule has 1 aliphatic rings. The zero-order valence-electron chi connectivity index (χ0n) is 26.6. The van der Waals surface area contributed by atoms with Crippen molar-refractivity contribution in [2.24, 2.45) is 5.92 Å². The van der Waals surface area contributed by atoms with Crippen LogP contribution in [0.1, 0.15) is 43.1 Å². The lowest BCUT2D eigenvalue weighted by atomic mass is 9.73. The van der Waals surface area contributed by atoms with E-state index in [1.54, 1.807) is 0 Å². The number of benzene rings is 3. The van der Waals surface area contributed by atoms with Gasteiger partial charge in [-0.2, -0.15) is 5.10 Å². The predicted octanol–water partition coefficient (Wildman–Crippen LogP) is 8.91. The molecule has 0 saturated carbocycles. The van der Waals surface area contributed by atoms with Gasteiger partial charge in [-0.05, 0) is 83.6 Å². The van der Waals surface area contributed by atoms with Crippen molar-refractivity contribution in [1.82, 2.24) is 24.2 Å². The number of halogens is 1. The van der Waals surface area contributed by atoms with Crippen molar-refractivity contribution in [3.63, 3.8) is 0 Å². The highest BCUT2D eigenvalue weighted by atomic mass is 19.1. The smallest absolute Gasteiger partial charge is 0.140 e. The lowest BCUT2D eigenvalue weighted by molar-refractivity contribution is 0.266. The Labute approximate surface area is 263 Å². The van der Waals surface area contributed by atoms with Gasteiger partial charge in [0.15, 0.2) is 0 Å². The molecule has 6 aromatic rings. The standard InChI is InChI=1S/C38H38FN5O/c1-23-18-29(42(5)6)19-24(2)37(23)38-25(3)41-44(26(38)4)28-10-9-11-30(21-28)45-31-14-15-33-32-12-7-8-13-34(32)43(35(33)22-31)36-20-27(39)16-17-40-36/h7-18,20-22,24,29,37H,19H2,1-6H3/t24-,29?,37+/m0/s1. The number of hydrogen-bond acceptors (Lipinski definition) is 4. The molecular weight excluding hydrogens is 561 g/mol. The zero-order chi connectivity index (χ0) is 31.4. The maximum atomic E-state index is 14.3. The number of fused-ring (bicyclic) bond motifs is 3. The van der Waals surface area contributed by atoms with Crippen LogP contribution in [0.25, 0.3) is 33.3 Å². The van der Waals surface area contributed by atoms with Crippen LogP contribution < -0.4 is 4.74 Å². The summed E-state index contributed by atoms with van der Waals surface area (Å²) in [5.41, 5.74) is 7.77. The number of hydrogen-bond donors (Lipinski definition) is 0. The van der Waals surface area contributed by atoms with Gasteiger partial charge in [-0.15, -0.1) is 0 Å². The summed E-state index contributed by atoms with van der Waals surface area (Å²) in [5.74, 6) is 2.45. The van der Waals surface area contributed by atoms with Crippen LogP contribution in [0.2, 0.25) is 0 Å². The van der Waals surface area contributed by atoms with Crippen molar-refractivity contribution < 1.29 is 9.13 Å². The van der Waals surface area contributed by atoms with Crippen LogP contribution >= 0.6 is 0 Å². The van der Waals surface area contributed by atoms with Crippen molar-refractivity contribution in [2.45, 2.75) is 46.1 Å². The predicted molar refractivity (Wildman–Crippen MR) is 179 cm³/mol. The molecule has 0 aliphatic heterocycles. The van der Waals surface area contributed by atoms with Gasteiger partial charge in [0.1, 0.15) is 23.1 Å². The first-order valence-electron chi connectivity index (χ1n) is 15.5. The van der Waals surface area contributed by atoms with Gasteiger partial charge in [0, 0.05) is 58.4 Å². The SMILES string of the molecule is CC1=CC(N(C)C)C[C@H](C)[C@@H]1c1c(C)nn(-c2cccc(Oc3ccc4c5ccccc5n(-c5cc(F)ccn5)c4c3)c2)c1C. The highest BCUT2D eigenvalue weighted by Crippen LogP contribution is 2.42. The minimum absolute atomic E-state index is 0.329. The van der Waals surface area contributed by atoms with Gasteiger partial charge in [-0.25, -0.2) is 14.1 Å². The molecule has 0 saturated heterocycles. The zero-order valence-corrected chi connectivity index (χ0v) is 26.6. The maximum absolute atomic E-state index is 14.3. The van der Waals surface area contributed by atoms with Crippen LogP contribution in [0.3, 0.4) is 0 Å². The Balaban J connectivity index is 1.24. The molecule has 228 valence electrons. The molecule has 7 heteroatoms. The average Bonchev–Trinajstić information content (AvgIpc) is 3.50. The molecule has 45 heavy (non-hydrogen) atoms. The number of para-hydroxylation sites is 1. The molecule has 0 fully saturated rings. The van der Waals surface area contributed by atoms with E-state index in [4.69, 9.17) is 9.84 Å². The number of aromatic nitrogens is 4. The Bertz CT molecular complexity index is 2090. The van der Waals surface area contributed by atoms with Crippen molar-refractivity contribution in [1.29, 1.82) is 0 Å². The molecule has 0 bridgehead atoms. The highest BCUT2D eigenvalue weighted by Gasteiger charge is 2.33. The number of nitrogens with zero attached hydrogens (tertiary/aromatic N) is 5. The van der Waals surface area contributed by atoms with E-state index in [1.165, 1.54) is 29.5 Å². The molecule has 6 nitrogen and oxygen atoms in total. The quantitative estimate of drug-likeness (QED) is 0.179. The third-order valence-electron chi connectivity index (χ3n) is 9.33. The van der Waals surface area contributed by atoms with Gasteiger partial charge in [-0.3, -0.25) is 4.57 Å². The van der Waals surface area contributed by atoms with Crippen molar-refractivity contribution in [3.8, 4) is 23.0 Å². The Morgan fingerprint density at radius 1 is 0.867 bits per heavy atom. The molecule has 3 aromatic heterocycles. The first-order chi connectivity index (χ1) is 21.7. The average molecular weight is 600 g/mol. The first-order valence-corrected chi connectivity index (χ1v) is 15.5. The van der Waals surface area contributed by atoms with E-state index < -0.39 is 0 Å². The van der Waals surface area contributed by atoms with Gasteiger partial charge < -0.3 is 9.64 Å². The third-order valence-corrected chi connectivity index (χ3v) is 9.33. The summed E-state index contributed by atoms with van der Waals surface area (Å²) in [5, 5.41) is 7.15. The second-order valence-corrected chi connectivity index (χ2v) is 12.6. The molecule has 7 rings (SSSR count). The van der Waals surface area contributed by atoms with E-state index in [9.17, 15) is 4.39 Å². The van der Waals surface area contributed by atoms with E-state index in [2.05, 4.69) is 75.9 Å². The Morgan fingerprint density at radius 2 is 1.64 bits per heavy atom. The lowest BCUT2D eigenvalue weighted by Crippen LogP contribution is -2.33. The molecule has 0 N–H and O–H groups in total. The maximum Gasteiger partial charge on any atom is 0.140 e.